The second-order valence-corrected chi connectivity index (χ2v) is 4.61. The summed E-state index contributed by atoms with van der Waals surface area (Å²) in [6.45, 7) is 4.38. The van der Waals surface area contributed by atoms with Gasteiger partial charge in [0.2, 0.25) is 0 Å². The van der Waals surface area contributed by atoms with Crippen LogP contribution >= 0.6 is 11.6 Å². The summed E-state index contributed by atoms with van der Waals surface area (Å²) in [6.07, 6.45) is 2.03. The molecule has 0 amide bonds. The Morgan fingerprint density at radius 2 is 2.41 bits per heavy atom. The van der Waals surface area contributed by atoms with Crippen molar-refractivity contribution in [1.82, 2.24) is 0 Å². The maximum Gasteiger partial charge on any atom is 0.138 e. The molecule has 1 aromatic carbocycles. The van der Waals surface area contributed by atoms with Gasteiger partial charge in [-0.15, -0.1) is 0 Å². The summed E-state index contributed by atoms with van der Waals surface area (Å²) in [6, 6.07) is 6.21. The summed E-state index contributed by atoms with van der Waals surface area (Å²) in [5, 5.41) is 4.05. The molecule has 17 heavy (non-hydrogen) atoms. The van der Waals surface area contributed by atoms with Crippen LogP contribution in [0.15, 0.2) is 18.2 Å². The monoisotopic (exact) mass is 255 g/mol. The van der Waals surface area contributed by atoms with E-state index < -0.39 is 0 Å². The molecule has 1 fully saturated rings. The molecule has 1 saturated heterocycles. The maximum atomic E-state index is 6.15. The lowest BCUT2D eigenvalue weighted by Gasteiger charge is -2.14. The Hall–Kier alpha value is -0.930. The van der Waals surface area contributed by atoms with E-state index in [2.05, 4.69) is 12.2 Å². The standard InChI is InChI=1S/C13H18ClNO2/c1-2-6-17-13-4-3-10(8-12(13)14)15-11-5-7-16-9-11/h3-4,8,11,15H,2,5-7,9H2,1H3. The lowest BCUT2D eigenvalue weighted by molar-refractivity contribution is 0.195. The van der Waals surface area contributed by atoms with Gasteiger partial charge in [0, 0.05) is 12.3 Å². The van der Waals surface area contributed by atoms with Crippen LogP contribution in [0.2, 0.25) is 5.02 Å². The summed E-state index contributed by atoms with van der Waals surface area (Å²) >= 11 is 6.15. The molecule has 1 aromatic rings. The fourth-order valence-electron chi connectivity index (χ4n) is 1.80. The summed E-state index contributed by atoms with van der Waals surface area (Å²) in [5.41, 5.74) is 1.02. The second kappa shape index (κ2) is 6.12. The number of hydrogen-bond acceptors (Lipinski definition) is 3. The summed E-state index contributed by atoms with van der Waals surface area (Å²) < 4.78 is 10.8. The molecule has 1 aliphatic rings. The third-order valence-electron chi connectivity index (χ3n) is 2.69. The molecule has 4 heteroatoms. The first-order valence-electron chi connectivity index (χ1n) is 6.06. The first-order valence-corrected chi connectivity index (χ1v) is 6.44. The van der Waals surface area contributed by atoms with E-state index in [1.165, 1.54) is 0 Å². The van der Waals surface area contributed by atoms with Gasteiger partial charge < -0.3 is 14.8 Å². The smallest absolute Gasteiger partial charge is 0.138 e. The molecule has 1 N–H and O–H groups in total. The van der Waals surface area contributed by atoms with Gasteiger partial charge in [-0.05, 0) is 31.0 Å². The highest BCUT2D eigenvalue weighted by molar-refractivity contribution is 6.32. The van der Waals surface area contributed by atoms with Gasteiger partial charge >= 0.3 is 0 Å². The number of anilines is 1. The van der Waals surface area contributed by atoms with Crippen molar-refractivity contribution in [3.05, 3.63) is 23.2 Å². The number of rotatable bonds is 5. The van der Waals surface area contributed by atoms with Crippen LogP contribution in [0.3, 0.4) is 0 Å². The SMILES string of the molecule is CCCOc1ccc(NC2CCOC2)cc1Cl. The molecule has 1 unspecified atom stereocenters. The highest BCUT2D eigenvalue weighted by Gasteiger charge is 2.15. The molecule has 1 heterocycles. The van der Waals surface area contributed by atoms with Gasteiger partial charge in [0.15, 0.2) is 0 Å². The Morgan fingerprint density at radius 3 is 3.06 bits per heavy atom. The van der Waals surface area contributed by atoms with E-state index in [0.29, 0.717) is 17.7 Å². The van der Waals surface area contributed by atoms with E-state index in [4.69, 9.17) is 21.1 Å². The van der Waals surface area contributed by atoms with Crippen LogP contribution in [0.25, 0.3) is 0 Å². The van der Waals surface area contributed by atoms with Crippen LogP contribution in [0, 0.1) is 0 Å². The minimum absolute atomic E-state index is 0.397. The third-order valence-corrected chi connectivity index (χ3v) is 2.99. The van der Waals surface area contributed by atoms with Gasteiger partial charge in [0.05, 0.1) is 24.3 Å². The Morgan fingerprint density at radius 1 is 1.53 bits per heavy atom. The topological polar surface area (TPSA) is 30.5 Å². The van der Waals surface area contributed by atoms with Crippen molar-refractivity contribution in [1.29, 1.82) is 0 Å². The first-order chi connectivity index (χ1) is 8.29. The molecule has 1 aliphatic heterocycles. The predicted octanol–water partition coefficient (Wildman–Crippen LogP) is 3.33. The lowest BCUT2D eigenvalue weighted by atomic mass is 10.2. The van der Waals surface area contributed by atoms with Crippen molar-refractivity contribution in [3.8, 4) is 5.75 Å². The minimum atomic E-state index is 0.397. The molecule has 0 spiro atoms. The lowest BCUT2D eigenvalue weighted by Crippen LogP contribution is -2.18. The molecule has 3 nitrogen and oxygen atoms in total. The third kappa shape index (κ3) is 3.51. The number of benzene rings is 1. The average molecular weight is 256 g/mol. The Bertz CT molecular complexity index is 364. The van der Waals surface area contributed by atoms with Gasteiger partial charge in [-0.1, -0.05) is 18.5 Å². The molecule has 0 bridgehead atoms. The number of hydrogen-bond donors (Lipinski definition) is 1. The van der Waals surface area contributed by atoms with Crippen LogP contribution in [0.5, 0.6) is 5.75 Å². The van der Waals surface area contributed by atoms with E-state index in [0.717, 1.165) is 37.5 Å². The highest BCUT2D eigenvalue weighted by atomic mass is 35.5. The van der Waals surface area contributed by atoms with E-state index >= 15 is 0 Å². The van der Waals surface area contributed by atoms with Crippen molar-refractivity contribution in [2.45, 2.75) is 25.8 Å². The molecular weight excluding hydrogens is 238 g/mol. The normalized spacial score (nSPS) is 19.3. The van der Waals surface area contributed by atoms with Crippen LogP contribution in [-0.4, -0.2) is 25.9 Å². The van der Waals surface area contributed by atoms with E-state index in [-0.39, 0.29) is 0 Å². The first kappa shape index (κ1) is 12.5. The zero-order valence-electron chi connectivity index (χ0n) is 10.0. The maximum absolute atomic E-state index is 6.15. The van der Waals surface area contributed by atoms with Gasteiger partial charge in [-0.2, -0.15) is 0 Å². The number of nitrogens with one attached hydrogen (secondary N) is 1. The summed E-state index contributed by atoms with van der Waals surface area (Å²) in [4.78, 5) is 0. The van der Waals surface area contributed by atoms with E-state index in [1.54, 1.807) is 0 Å². The van der Waals surface area contributed by atoms with Crippen LogP contribution in [0.1, 0.15) is 19.8 Å². The van der Waals surface area contributed by atoms with Crippen molar-refractivity contribution in [2.75, 3.05) is 25.1 Å². The largest absolute Gasteiger partial charge is 0.492 e. The van der Waals surface area contributed by atoms with Crippen LogP contribution in [0.4, 0.5) is 5.69 Å². The number of halogens is 1. The van der Waals surface area contributed by atoms with E-state index in [9.17, 15) is 0 Å². The van der Waals surface area contributed by atoms with Crippen LogP contribution < -0.4 is 10.1 Å². The molecular formula is C13H18ClNO2. The van der Waals surface area contributed by atoms with Gasteiger partial charge in [0.25, 0.3) is 0 Å². The van der Waals surface area contributed by atoms with E-state index in [1.807, 2.05) is 18.2 Å². The molecule has 0 aromatic heterocycles. The molecule has 0 saturated carbocycles. The highest BCUT2D eigenvalue weighted by Crippen LogP contribution is 2.28. The van der Waals surface area contributed by atoms with Crippen molar-refractivity contribution in [3.63, 3.8) is 0 Å². The minimum Gasteiger partial charge on any atom is -0.492 e. The Labute approximate surface area is 107 Å². The zero-order valence-corrected chi connectivity index (χ0v) is 10.8. The molecule has 0 radical (unpaired) electrons. The molecule has 1 atom stereocenters. The Balaban J connectivity index is 1.97. The predicted molar refractivity (Wildman–Crippen MR) is 70.1 cm³/mol. The van der Waals surface area contributed by atoms with Gasteiger partial charge in [0.1, 0.15) is 5.75 Å². The zero-order chi connectivity index (χ0) is 12.1. The van der Waals surface area contributed by atoms with Crippen molar-refractivity contribution >= 4 is 17.3 Å². The van der Waals surface area contributed by atoms with Gasteiger partial charge in [-0.3, -0.25) is 0 Å². The molecule has 0 aliphatic carbocycles. The summed E-state index contributed by atoms with van der Waals surface area (Å²) in [7, 11) is 0. The summed E-state index contributed by atoms with van der Waals surface area (Å²) in [5.74, 6) is 0.752. The Kier molecular flexibility index (Phi) is 4.51. The number of ether oxygens (including phenoxy) is 2. The quantitative estimate of drug-likeness (QED) is 0.876. The van der Waals surface area contributed by atoms with Crippen LogP contribution in [-0.2, 0) is 4.74 Å². The van der Waals surface area contributed by atoms with Gasteiger partial charge in [-0.25, -0.2) is 0 Å². The second-order valence-electron chi connectivity index (χ2n) is 4.20. The van der Waals surface area contributed by atoms with Crippen molar-refractivity contribution < 1.29 is 9.47 Å². The average Bonchev–Trinajstić information content (AvgIpc) is 2.81. The fraction of sp³-hybridized carbons (Fsp3) is 0.538. The molecule has 2 rings (SSSR count). The fourth-order valence-corrected chi connectivity index (χ4v) is 2.04. The van der Waals surface area contributed by atoms with Crippen molar-refractivity contribution in [2.24, 2.45) is 0 Å². The molecule has 94 valence electrons.